The zero-order valence-corrected chi connectivity index (χ0v) is 12.1. The number of aliphatic carboxylic acids is 1. The van der Waals surface area contributed by atoms with Crippen LogP contribution in [0.25, 0.3) is 0 Å². The van der Waals surface area contributed by atoms with E-state index in [1.54, 1.807) is 7.05 Å². The first kappa shape index (κ1) is 16.7. The Hall–Kier alpha value is -2.35. The number of rotatable bonds is 8. The first-order valence-corrected chi connectivity index (χ1v) is 6.21. The lowest BCUT2D eigenvalue weighted by Gasteiger charge is -2.23. The van der Waals surface area contributed by atoms with Crippen LogP contribution >= 0.6 is 0 Å². The average Bonchev–Trinajstić information content (AvgIpc) is 2.46. The number of methoxy groups -OCH3 is 1. The molecule has 0 saturated carbocycles. The smallest absolute Gasteiger partial charge is 0.323 e. The van der Waals surface area contributed by atoms with Gasteiger partial charge in [-0.3, -0.25) is 14.9 Å². The molecule has 0 saturated heterocycles. The molecule has 0 spiro atoms. The van der Waals surface area contributed by atoms with E-state index in [1.165, 1.54) is 32.2 Å². The second-order valence-electron chi connectivity index (χ2n) is 4.58. The van der Waals surface area contributed by atoms with Crippen LogP contribution in [-0.4, -0.2) is 42.3 Å². The maximum Gasteiger partial charge on any atom is 0.323 e. The van der Waals surface area contributed by atoms with Gasteiger partial charge in [0.25, 0.3) is 0 Å². The number of benzene rings is 1. The fourth-order valence-electron chi connectivity index (χ4n) is 1.61. The second kappa shape index (κ2) is 6.89. The van der Waals surface area contributed by atoms with Crippen molar-refractivity contribution >= 4 is 11.7 Å². The molecule has 0 bridgehead atoms. The largest absolute Gasteiger partial charge is 0.493 e. The Balaban J connectivity index is 2.75. The topological polar surface area (TPSA) is 111 Å². The molecule has 2 N–H and O–H groups in total. The number of carboxylic acid groups (broad SMARTS) is 1. The monoisotopic (exact) mass is 298 g/mol. The molecule has 0 amide bonds. The highest BCUT2D eigenvalue weighted by Gasteiger charge is 2.30. The zero-order chi connectivity index (χ0) is 16.0. The van der Waals surface area contributed by atoms with E-state index in [0.29, 0.717) is 0 Å². The summed E-state index contributed by atoms with van der Waals surface area (Å²) in [6.45, 7) is 1.64. The summed E-state index contributed by atoms with van der Waals surface area (Å²) < 4.78 is 10.3. The SMILES string of the molecule is CNC(C)(CCOc1ccc(OC)c([N+](=O)[O-])c1)C(=O)O. The summed E-state index contributed by atoms with van der Waals surface area (Å²) in [6.07, 6.45) is 0.207. The summed E-state index contributed by atoms with van der Waals surface area (Å²) in [5.41, 5.74) is -1.32. The van der Waals surface area contributed by atoms with Gasteiger partial charge in [-0.15, -0.1) is 0 Å². The summed E-state index contributed by atoms with van der Waals surface area (Å²) >= 11 is 0. The van der Waals surface area contributed by atoms with Crippen molar-refractivity contribution in [2.75, 3.05) is 20.8 Å². The Bertz CT molecular complexity index is 533. The summed E-state index contributed by atoms with van der Waals surface area (Å²) in [5.74, 6) is -0.571. The maximum absolute atomic E-state index is 11.1. The molecule has 116 valence electrons. The minimum absolute atomic E-state index is 0.104. The van der Waals surface area contributed by atoms with Crippen LogP contribution in [0.4, 0.5) is 5.69 Å². The second-order valence-corrected chi connectivity index (χ2v) is 4.58. The number of nitrogens with zero attached hydrogens (tertiary/aromatic N) is 1. The van der Waals surface area contributed by atoms with Gasteiger partial charge in [0, 0.05) is 6.42 Å². The molecule has 0 aliphatic carbocycles. The van der Waals surface area contributed by atoms with Gasteiger partial charge in [0.1, 0.15) is 11.3 Å². The molecular weight excluding hydrogens is 280 g/mol. The van der Waals surface area contributed by atoms with Gasteiger partial charge < -0.3 is 19.9 Å². The summed E-state index contributed by atoms with van der Waals surface area (Å²) in [6, 6.07) is 4.21. The molecule has 0 heterocycles. The van der Waals surface area contributed by atoms with Crippen LogP contribution in [0, 0.1) is 10.1 Å². The van der Waals surface area contributed by atoms with Crippen molar-refractivity contribution in [3.63, 3.8) is 0 Å². The highest BCUT2D eigenvalue weighted by Crippen LogP contribution is 2.30. The Morgan fingerprint density at radius 2 is 2.19 bits per heavy atom. The van der Waals surface area contributed by atoms with Crippen LogP contribution in [0.3, 0.4) is 0 Å². The van der Waals surface area contributed by atoms with Crippen LogP contribution in [0.1, 0.15) is 13.3 Å². The summed E-state index contributed by atoms with van der Waals surface area (Å²) in [4.78, 5) is 21.4. The van der Waals surface area contributed by atoms with Gasteiger partial charge in [0.05, 0.1) is 24.7 Å². The van der Waals surface area contributed by atoms with Crippen molar-refractivity contribution in [2.24, 2.45) is 0 Å². The highest BCUT2D eigenvalue weighted by molar-refractivity contribution is 5.78. The Labute approximate surface area is 121 Å². The van der Waals surface area contributed by atoms with Gasteiger partial charge in [-0.1, -0.05) is 0 Å². The van der Waals surface area contributed by atoms with Gasteiger partial charge in [0.15, 0.2) is 5.75 Å². The van der Waals surface area contributed by atoms with Crippen molar-refractivity contribution in [1.29, 1.82) is 0 Å². The van der Waals surface area contributed by atoms with Crippen LogP contribution in [0.2, 0.25) is 0 Å². The van der Waals surface area contributed by atoms with E-state index in [0.717, 1.165) is 0 Å². The average molecular weight is 298 g/mol. The Morgan fingerprint density at radius 3 is 2.67 bits per heavy atom. The van der Waals surface area contributed by atoms with Crippen LogP contribution in [0.15, 0.2) is 18.2 Å². The molecule has 0 aliphatic heterocycles. The zero-order valence-electron chi connectivity index (χ0n) is 12.1. The number of carbonyl (C=O) groups is 1. The molecule has 1 unspecified atom stereocenters. The van der Waals surface area contributed by atoms with E-state index in [2.05, 4.69) is 5.32 Å². The number of hydrogen-bond acceptors (Lipinski definition) is 6. The van der Waals surface area contributed by atoms with E-state index in [4.69, 9.17) is 14.6 Å². The van der Waals surface area contributed by atoms with Crippen molar-refractivity contribution in [3.8, 4) is 11.5 Å². The van der Waals surface area contributed by atoms with Crippen molar-refractivity contribution in [2.45, 2.75) is 18.9 Å². The highest BCUT2D eigenvalue weighted by atomic mass is 16.6. The molecular formula is C13H18N2O6. The molecule has 0 aromatic heterocycles. The fraction of sp³-hybridized carbons (Fsp3) is 0.462. The summed E-state index contributed by atoms with van der Waals surface area (Å²) in [7, 11) is 2.89. The van der Waals surface area contributed by atoms with E-state index in [1.807, 2.05) is 0 Å². The number of nitro groups is 1. The fourth-order valence-corrected chi connectivity index (χ4v) is 1.61. The number of ether oxygens (including phenoxy) is 2. The van der Waals surface area contributed by atoms with E-state index in [-0.39, 0.29) is 30.2 Å². The predicted molar refractivity (Wildman–Crippen MR) is 74.9 cm³/mol. The molecule has 21 heavy (non-hydrogen) atoms. The molecule has 1 aromatic rings. The van der Waals surface area contributed by atoms with Crippen LogP contribution in [-0.2, 0) is 4.79 Å². The van der Waals surface area contributed by atoms with Gasteiger partial charge in [0.2, 0.25) is 0 Å². The number of hydrogen-bond donors (Lipinski definition) is 2. The van der Waals surface area contributed by atoms with Crippen molar-refractivity contribution < 1.29 is 24.3 Å². The van der Waals surface area contributed by atoms with Gasteiger partial charge in [-0.2, -0.15) is 0 Å². The third-order valence-electron chi connectivity index (χ3n) is 3.24. The first-order valence-electron chi connectivity index (χ1n) is 6.21. The number of carboxylic acids is 1. The molecule has 8 nitrogen and oxygen atoms in total. The molecule has 8 heteroatoms. The lowest BCUT2D eigenvalue weighted by molar-refractivity contribution is -0.385. The lowest BCUT2D eigenvalue weighted by Crippen LogP contribution is -2.48. The molecule has 1 aromatic carbocycles. The van der Waals surface area contributed by atoms with E-state index in [9.17, 15) is 14.9 Å². The van der Waals surface area contributed by atoms with Crippen molar-refractivity contribution in [3.05, 3.63) is 28.3 Å². The first-order chi connectivity index (χ1) is 9.84. The van der Waals surface area contributed by atoms with Gasteiger partial charge in [-0.25, -0.2) is 0 Å². The number of nitro benzene ring substituents is 1. The van der Waals surface area contributed by atoms with Gasteiger partial charge >= 0.3 is 11.7 Å². The standard InChI is InChI=1S/C13H18N2O6/c1-13(14-2,12(16)17)6-7-21-9-4-5-11(20-3)10(8-9)15(18)19/h4-5,8,14H,6-7H2,1-3H3,(H,16,17). The predicted octanol–water partition coefficient (Wildman–Crippen LogP) is 1.43. The molecule has 0 aliphatic rings. The normalized spacial score (nSPS) is 13.3. The minimum atomic E-state index is -1.11. The minimum Gasteiger partial charge on any atom is -0.493 e. The number of nitrogens with one attached hydrogen (secondary N) is 1. The molecule has 0 fully saturated rings. The van der Waals surface area contributed by atoms with Crippen LogP contribution in [0.5, 0.6) is 11.5 Å². The quantitative estimate of drug-likeness (QED) is 0.551. The number of likely N-dealkylation sites (N-methyl/N-ethyl adjacent to an activating group) is 1. The Morgan fingerprint density at radius 1 is 1.52 bits per heavy atom. The van der Waals surface area contributed by atoms with E-state index >= 15 is 0 Å². The third kappa shape index (κ3) is 4.06. The third-order valence-corrected chi connectivity index (χ3v) is 3.24. The lowest BCUT2D eigenvalue weighted by atomic mass is 9.99. The Kier molecular flexibility index (Phi) is 5.48. The summed E-state index contributed by atoms with van der Waals surface area (Å²) in [5, 5.41) is 22.7. The molecule has 1 atom stereocenters. The van der Waals surface area contributed by atoms with E-state index < -0.39 is 16.4 Å². The van der Waals surface area contributed by atoms with Crippen molar-refractivity contribution in [1.82, 2.24) is 5.32 Å². The van der Waals surface area contributed by atoms with Crippen LogP contribution < -0.4 is 14.8 Å². The molecule has 0 radical (unpaired) electrons. The maximum atomic E-state index is 11.1. The molecule has 1 rings (SSSR count). The van der Waals surface area contributed by atoms with Gasteiger partial charge in [-0.05, 0) is 26.1 Å².